The standard InChI is InChI=1S/C31H26/c1-22(2)23-17-19-26(20-18-23)31-28-16-10-9-15-27(28)29(24-11-5-3-6-12-24)21-30(31)25-13-7-4-8-14-25/h3-22H,1-2H3. The van der Waals surface area contributed by atoms with E-state index in [0.29, 0.717) is 5.92 Å². The maximum atomic E-state index is 2.37. The molecular weight excluding hydrogens is 372 g/mol. The predicted octanol–water partition coefficient (Wildman–Crippen LogP) is 8.96. The Morgan fingerprint density at radius 1 is 0.452 bits per heavy atom. The van der Waals surface area contributed by atoms with Gasteiger partial charge in [-0.3, -0.25) is 0 Å². The van der Waals surface area contributed by atoms with Crippen LogP contribution in [0.4, 0.5) is 0 Å². The van der Waals surface area contributed by atoms with Gasteiger partial charge in [-0.2, -0.15) is 0 Å². The van der Waals surface area contributed by atoms with E-state index < -0.39 is 0 Å². The van der Waals surface area contributed by atoms with Crippen molar-refractivity contribution in [3.05, 3.63) is 121 Å². The maximum absolute atomic E-state index is 2.37. The average molecular weight is 399 g/mol. The van der Waals surface area contributed by atoms with Gasteiger partial charge in [0.25, 0.3) is 0 Å². The average Bonchev–Trinajstić information content (AvgIpc) is 2.84. The molecule has 0 unspecified atom stereocenters. The Bertz CT molecular complexity index is 1310. The van der Waals surface area contributed by atoms with E-state index in [-0.39, 0.29) is 0 Å². The summed E-state index contributed by atoms with van der Waals surface area (Å²) in [7, 11) is 0. The molecule has 0 radical (unpaired) electrons. The summed E-state index contributed by atoms with van der Waals surface area (Å²) in [5.41, 5.74) is 8.98. The SMILES string of the molecule is CC(C)c1ccc(-c2c(-c3ccccc3)cc(-c3ccccc3)c3ccccc23)cc1. The molecule has 0 saturated carbocycles. The van der Waals surface area contributed by atoms with Gasteiger partial charge < -0.3 is 0 Å². The first-order chi connectivity index (χ1) is 15.2. The molecule has 0 amide bonds. The highest BCUT2D eigenvalue weighted by molar-refractivity contribution is 6.10. The fourth-order valence-corrected chi connectivity index (χ4v) is 4.42. The smallest absolute Gasteiger partial charge is 0.00264 e. The van der Waals surface area contributed by atoms with Gasteiger partial charge in [-0.25, -0.2) is 0 Å². The van der Waals surface area contributed by atoms with Gasteiger partial charge in [-0.05, 0) is 61.7 Å². The summed E-state index contributed by atoms with van der Waals surface area (Å²) >= 11 is 0. The van der Waals surface area contributed by atoms with Gasteiger partial charge >= 0.3 is 0 Å². The largest absolute Gasteiger partial charge is 0.0622 e. The van der Waals surface area contributed by atoms with Crippen molar-refractivity contribution in [2.24, 2.45) is 0 Å². The minimum absolute atomic E-state index is 0.528. The molecule has 0 aliphatic heterocycles. The molecule has 150 valence electrons. The van der Waals surface area contributed by atoms with Gasteiger partial charge in [0, 0.05) is 0 Å². The summed E-state index contributed by atoms with van der Waals surface area (Å²) < 4.78 is 0. The van der Waals surface area contributed by atoms with Crippen LogP contribution in [0.25, 0.3) is 44.2 Å². The van der Waals surface area contributed by atoms with E-state index in [2.05, 4.69) is 129 Å². The quantitative estimate of drug-likeness (QED) is 0.283. The normalized spacial score (nSPS) is 11.2. The van der Waals surface area contributed by atoms with Crippen LogP contribution < -0.4 is 0 Å². The van der Waals surface area contributed by atoms with Crippen molar-refractivity contribution in [1.82, 2.24) is 0 Å². The molecule has 0 fully saturated rings. The van der Waals surface area contributed by atoms with E-state index in [0.717, 1.165) is 0 Å². The molecule has 0 aliphatic carbocycles. The molecule has 5 aromatic rings. The fraction of sp³-hybridized carbons (Fsp3) is 0.0968. The van der Waals surface area contributed by atoms with E-state index >= 15 is 0 Å². The summed E-state index contributed by atoms with van der Waals surface area (Å²) in [5, 5.41) is 2.58. The lowest BCUT2D eigenvalue weighted by Crippen LogP contribution is -1.93. The molecule has 0 aromatic heterocycles. The Morgan fingerprint density at radius 3 is 1.55 bits per heavy atom. The molecule has 0 heteroatoms. The van der Waals surface area contributed by atoms with Crippen LogP contribution in [0.1, 0.15) is 25.3 Å². The molecule has 0 bridgehead atoms. The molecule has 0 spiro atoms. The van der Waals surface area contributed by atoms with Crippen molar-refractivity contribution < 1.29 is 0 Å². The Morgan fingerprint density at radius 2 is 0.968 bits per heavy atom. The topological polar surface area (TPSA) is 0 Å². The van der Waals surface area contributed by atoms with E-state index in [1.165, 1.54) is 49.7 Å². The summed E-state index contributed by atoms with van der Waals surface area (Å²) in [6.07, 6.45) is 0. The van der Waals surface area contributed by atoms with E-state index in [4.69, 9.17) is 0 Å². The van der Waals surface area contributed by atoms with Gasteiger partial charge in [0.1, 0.15) is 0 Å². The number of hydrogen-bond acceptors (Lipinski definition) is 0. The monoisotopic (exact) mass is 398 g/mol. The Kier molecular flexibility index (Phi) is 5.14. The molecule has 31 heavy (non-hydrogen) atoms. The zero-order valence-corrected chi connectivity index (χ0v) is 18.0. The van der Waals surface area contributed by atoms with Crippen LogP contribution >= 0.6 is 0 Å². The lowest BCUT2D eigenvalue weighted by Gasteiger charge is -2.18. The fourth-order valence-electron chi connectivity index (χ4n) is 4.42. The number of fused-ring (bicyclic) bond motifs is 1. The first kappa shape index (κ1) is 19.3. The third kappa shape index (κ3) is 3.66. The molecule has 0 heterocycles. The van der Waals surface area contributed by atoms with Crippen molar-refractivity contribution in [2.45, 2.75) is 19.8 Å². The van der Waals surface area contributed by atoms with Gasteiger partial charge in [0.2, 0.25) is 0 Å². The van der Waals surface area contributed by atoms with Gasteiger partial charge in [-0.15, -0.1) is 0 Å². The Balaban J connectivity index is 1.86. The second-order valence-electron chi connectivity index (χ2n) is 8.40. The minimum Gasteiger partial charge on any atom is -0.0622 e. The van der Waals surface area contributed by atoms with Gasteiger partial charge in [0.15, 0.2) is 0 Å². The van der Waals surface area contributed by atoms with Crippen molar-refractivity contribution in [2.75, 3.05) is 0 Å². The molecule has 0 N–H and O–H groups in total. The van der Waals surface area contributed by atoms with Gasteiger partial charge in [-0.1, -0.05) is 123 Å². The highest BCUT2D eigenvalue weighted by Crippen LogP contribution is 2.43. The third-order valence-electron chi connectivity index (χ3n) is 6.08. The molecule has 0 nitrogen and oxygen atoms in total. The first-order valence-corrected chi connectivity index (χ1v) is 11.0. The van der Waals surface area contributed by atoms with Crippen LogP contribution in [0.5, 0.6) is 0 Å². The molecule has 5 aromatic carbocycles. The Labute approximate surface area is 184 Å². The second-order valence-corrected chi connectivity index (χ2v) is 8.40. The van der Waals surface area contributed by atoms with Crippen LogP contribution in [-0.2, 0) is 0 Å². The van der Waals surface area contributed by atoms with Crippen LogP contribution in [0, 0.1) is 0 Å². The van der Waals surface area contributed by atoms with Crippen LogP contribution in [-0.4, -0.2) is 0 Å². The van der Waals surface area contributed by atoms with Crippen molar-refractivity contribution in [3.8, 4) is 33.4 Å². The van der Waals surface area contributed by atoms with E-state index in [1.54, 1.807) is 0 Å². The maximum Gasteiger partial charge on any atom is -0.00264 e. The molecular formula is C31H26. The minimum atomic E-state index is 0.528. The lowest BCUT2D eigenvalue weighted by atomic mass is 9.85. The summed E-state index contributed by atoms with van der Waals surface area (Å²) in [5.74, 6) is 0.528. The summed E-state index contributed by atoms with van der Waals surface area (Å²) in [6, 6.07) is 41.8. The van der Waals surface area contributed by atoms with Crippen molar-refractivity contribution >= 4 is 10.8 Å². The first-order valence-electron chi connectivity index (χ1n) is 11.0. The zero-order chi connectivity index (χ0) is 21.2. The van der Waals surface area contributed by atoms with Crippen LogP contribution in [0.3, 0.4) is 0 Å². The number of rotatable bonds is 4. The van der Waals surface area contributed by atoms with Crippen molar-refractivity contribution in [3.63, 3.8) is 0 Å². The Hall–Kier alpha value is -3.64. The molecule has 5 rings (SSSR count). The predicted molar refractivity (Wildman–Crippen MR) is 134 cm³/mol. The number of hydrogen-bond donors (Lipinski definition) is 0. The van der Waals surface area contributed by atoms with Gasteiger partial charge in [0.05, 0.1) is 0 Å². The lowest BCUT2D eigenvalue weighted by molar-refractivity contribution is 0.867. The highest BCUT2D eigenvalue weighted by atomic mass is 14.2. The third-order valence-corrected chi connectivity index (χ3v) is 6.08. The van der Waals surface area contributed by atoms with Crippen molar-refractivity contribution in [1.29, 1.82) is 0 Å². The van der Waals surface area contributed by atoms with E-state index in [1.807, 2.05) is 0 Å². The number of benzene rings is 5. The molecule has 0 aliphatic rings. The molecule has 0 atom stereocenters. The zero-order valence-electron chi connectivity index (χ0n) is 18.0. The van der Waals surface area contributed by atoms with Crippen LogP contribution in [0.2, 0.25) is 0 Å². The highest BCUT2D eigenvalue weighted by Gasteiger charge is 2.16. The summed E-state index contributed by atoms with van der Waals surface area (Å²) in [6.45, 7) is 4.49. The second kappa shape index (κ2) is 8.24. The summed E-state index contributed by atoms with van der Waals surface area (Å²) in [4.78, 5) is 0. The molecule has 0 saturated heterocycles. The van der Waals surface area contributed by atoms with Crippen LogP contribution in [0.15, 0.2) is 115 Å². The van der Waals surface area contributed by atoms with E-state index in [9.17, 15) is 0 Å².